The molecule has 1 aromatic carbocycles. The summed E-state index contributed by atoms with van der Waals surface area (Å²) in [6, 6.07) is 7.88. The molecule has 1 aromatic rings. The summed E-state index contributed by atoms with van der Waals surface area (Å²) in [5.41, 5.74) is 0.961. The summed E-state index contributed by atoms with van der Waals surface area (Å²) < 4.78 is 0. The molecule has 0 aromatic heterocycles. The first-order chi connectivity index (χ1) is 8.99. The van der Waals surface area contributed by atoms with E-state index in [9.17, 15) is 14.4 Å². The van der Waals surface area contributed by atoms with Gasteiger partial charge in [-0.3, -0.25) is 9.59 Å². The van der Waals surface area contributed by atoms with Crippen LogP contribution in [0.15, 0.2) is 30.3 Å². The first kappa shape index (κ1) is 14.7. The predicted molar refractivity (Wildman–Crippen MR) is 66.6 cm³/mol. The van der Waals surface area contributed by atoms with E-state index in [1.807, 2.05) is 30.3 Å². The average Bonchev–Trinajstić information content (AvgIpc) is 2.36. The van der Waals surface area contributed by atoms with Crippen LogP contribution < -0.4 is 5.32 Å². The minimum Gasteiger partial charge on any atom is -0.481 e. The molecule has 6 heteroatoms. The van der Waals surface area contributed by atoms with Crippen LogP contribution in [0.5, 0.6) is 0 Å². The topological polar surface area (TPSA) is 104 Å². The van der Waals surface area contributed by atoms with Crippen molar-refractivity contribution in [2.24, 2.45) is 0 Å². The van der Waals surface area contributed by atoms with Gasteiger partial charge >= 0.3 is 11.9 Å². The maximum atomic E-state index is 11.5. The van der Waals surface area contributed by atoms with E-state index in [4.69, 9.17) is 10.2 Å². The predicted octanol–water partition coefficient (Wildman–Crippen LogP) is 0.663. The van der Waals surface area contributed by atoms with Gasteiger partial charge in [0.15, 0.2) is 0 Å². The van der Waals surface area contributed by atoms with Crippen LogP contribution in [-0.2, 0) is 20.8 Å². The molecular weight excluding hydrogens is 250 g/mol. The van der Waals surface area contributed by atoms with Gasteiger partial charge in [-0.2, -0.15) is 0 Å². The molecule has 1 unspecified atom stereocenters. The van der Waals surface area contributed by atoms with Gasteiger partial charge < -0.3 is 15.5 Å². The molecule has 1 amide bonds. The first-order valence-corrected chi connectivity index (χ1v) is 5.77. The monoisotopic (exact) mass is 265 g/mol. The fraction of sp³-hybridized carbons (Fsp3) is 0.308. The smallest absolute Gasteiger partial charge is 0.326 e. The Morgan fingerprint density at radius 3 is 2.26 bits per heavy atom. The highest BCUT2D eigenvalue weighted by Crippen LogP contribution is 2.03. The average molecular weight is 265 g/mol. The fourth-order valence-corrected chi connectivity index (χ4v) is 1.54. The van der Waals surface area contributed by atoms with Gasteiger partial charge in [0.25, 0.3) is 0 Å². The number of carboxylic acid groups (broad SMARTS) is 2. The number of carboxylic acids is 2. The molecule has 3 N–H and O–H groups in total. The molecule has 0 aliphatic rings. The van der Waals surface area contributed by atoms with Gasteiger partial charge in [0, 0.05) is 6.42 Å². The Labute approximate surface area is 110 Å². The van der Waals surface area contributed by atoms with Gasteiger partial charge in [-0.1, -0.05) is 30.3 Å². The summed E-state index contributed by atoms with van der Waals surface area (Å²) in [5, 5.41) is 19.5. The van der Waals surface area contributed by atoms with Crippen molar-refractivity contribution in [3.05, 3.63) is 35.9 Å². The molecule has 0 heterocycles. The second-order valence-electron chi connectivity index (χ2n) is 4.04. The van der Waals surface area contributed by atoms with E-state index in [0.29, 0.717) is 6.42 Å². The van der Waals surface area contributed by atoms with E-state index in [1.165, 1.54) is 0 Å². The standard InChI is InChI=1S/C13H15NO5/c15-11(7-6-9-4-2-1-3-5-9)14-10(13(18)19)8-12(16)17/h1-5,10H,6-8H2,(H,14,15)(H,16,17)(H,18,19). The molecule has 102 valence electrons. The lowest BCUT2D eigenvalue weighted by Crippen LogP contribution is -2.42. The number of nitrogens with one attached hydrogen (secondary N) is 1. The highest BCUT2D eigenvalue weighted by atomic mass is 16.4. The first-order valence-electron chi connectivity index (χ1n) is 5.77. The summed E-state index contributed by atoms with van der Waals surface area (Å²) in [4.78, 5) is 32.8. The lowest BCUT2D eigenvalue weighted by atomic mass is 10.1. The Morgan fingerprint density at radius 1 is 1.11 bits per heavy atom. The van der Waals surface area contributed by atoms with E-state index in [-0.39, 0.29) is 6.42 Å². The van der Waals surface area contributed by atoms with E-state index < -0.39 is 30.3 Å². The van der Waals surface area contributed by atoms with Crippen LogP contribution in [0.2, 0.25) is 0 Å². The molecule has 0 saturated carbocycles. The summed E-state index contributed by atoms with van der Waals surface area (Å²) in [6.07, 6.45) is -0.0358. The summed E-state index contributed by atoms with van der Waals surface area (Å²) in [6.45, 7) is 0. The largest absolute Gasteiger partial charge is 0.481 e. The van der Waals surface area contributed by atoms with Gasteiger partial charge in [0.1, 0.15) is 6.04 Å². The van der Waals surface area contributed by atoms with Crippen molar-refractivity contribution in [3.63, 3.8) is 0 Å². The van der Waals surface area contributed by atoms with Gasteiger partial charge in [-0.15, -0.1) is 0 Å². The molecule has 0 spiro atoms. The maximum absolute atomic E-state index is 11.5. The van der Waals surface area contributed by atoms with E-state index in [1.54, 1.807) is 0 Å². The second-order valence-corrected chi connectivity index (χ2v) is 4.04. The normalized spacial score (nSPS) is 11.6. The highest BCUT2D eigenvalue weighted by Gasteiger charge is 2.22. The molecule has 0 saturated heterocycles. The Balaban J connectivity index is 2.45. The van der Waals surface area contributed by atoms with Crippen molar-refractivity contribution in [2.75, 3.05) is 0 Å². The third kappa shape index (κ3) is 5.67. The molecule has 0 aliphatic carbocycles. The van der Waals surface area contributed by atoms with E-state index in [2.05, 4.69) is 5.32 Å². The summed E-state index contributed by atoms with van der Waals surface area (Å²) >= 11 is 0. The summed E-state index contributed by atoms with van der Waals surface area (Å²) in [5.74, 6) is -3.09. The van der Waals surface area contributed by atoms with Gasteiger partial charge in [0.2, 0.25) is 5.91 Å². The highest BCUT2D eigenvalue weighted by molar-refractivity contribution is 5.86. The van der Waals surface area contributed by atoms with Gasteiger partial charge in [-0.25, -0.2) is 4.79 Å². The number of hydrogen-bond donors (Lipinski definition) is 3. The maximum Gasteiger partial charge on any atom is 0.326 e. The molecule has 0 fully saturated rings. The van der Waals surface area contributed by atoms with Crippen molar-refractivity contribution >= 4 is 17.8 Å². The van der Waals surface area contributed by atoms with Crippen molar-refractivity contribution in [2.45, 2.75) is 25.3 Å². The van der Waals surface area contributed by atoms with E-state index >= 15 is 0 Å². The molecule has 19 heavy (non-hydrogen) atoms. The minimum absolute atomic E-state index is 0.118. The van der Waals surface area contributed by atoms with Crippen molar-refractivity contribution in [1.82, 2.24) is 5.32 Å². The molecule has 0 radical (unpaired) electrons. The molecule has 6 nitrogen and oxygen atoms in total. The van der Waals surface area contributed by atoms with Crippen LogP contribution in [0.4, 0.5) is 0 Å². The minimum atomic E-state index is -1.39. The zero-order valence-corrected chi connectivity index (χ0v) is 10.2. The number of rotatable bonds is 7. The molecule has 0 bridgehead atoms. The SMILES string of the molecule is O=C(O)CC(NC(=O)CCc1ccccc1)C(=O)O. The number of aryl methyl sites for hydroxylation is 1. The molecular formula is C13H15NO5. The van der Waals surface area contributed by atoms with Crippen LogP contribution in [0.3, 0.4) is 0 Å². The van der Waals surface area contributed by atoms with Crippen LogP contribution in [0.25, 0.3) is 0 Å². The van der Waals surface area contributed by atoms with Crippen molar-refractivity contribution < 1.29 is 24.6 Å². The summed E-state index contributed by atoms with van der Waals surface area (Å²) in [7, 11) is 0. The molecule has 1 rings (SSSR count). The van der Waals surface area contributed by atoms with Crippen molar-refractivity contribution in [3.8, 4) is 0 Å². The van der Waals surface area contributed by atoms with Crippen LogP contribution >= 0.6 is 0 Å². The number of benzene rings is 1. The Kier molecular flexibility index (Phi) is 5.53. The third-order valence-corrected chi connectivity index (χ3v) is 2.50. The lowest BCUT2D eigenvalue weighted by Gasteiger charge is -2.12. The fourth-order valence-electron chi connectivity index (χ4n) is 1.54. The molecule has 0 aliphatic heterocycles. The number of hydrogen-bond acceptors (Lipinski definition) is 3. The van der Waals surface area contributed by atoms with E-state index in [0.717, 1.165) is 5.56 Å². The van der Waals surface area contributed by atoms with Crippen molar-refractivity contribution in [1.29, 1.82) is 0 Å². The zero-order chi connectivity index (χ0) is 14.3. The molecule has 1 atom stereocenters. The number of aliphatic carboxylic acids is 2. The van der Waals surface area contributed by atoms with Crippen LogP contribution in [0, 0.1) is 0 Å². The Bertz CT molecular complexity index is 457. The van der Waals surface area contributed by atoms with Gasteiger partial charge in [0.05, 0.1) is 6.42 Å². The van der Waals surface area contributed by atoms with Crippen LogP contribution in [-0.4, -0.2) is 34.1 Å². The lowest BCUT2D eigenvalue weighted by molar-refractivity contribution is -0.147. The number of carbonyl (C=O) groups is 3. The Hall–Kier alpha value is -2.37. The third-order valence-electron chi connectivity index (χ3n) is 2.50. The Morgan fingerprint density at radius 2 is 1.74 bits per heavy atom. The second kappa shape index (κ2) is 7.15. The quantitative estimate of drug-likeness (QED) is 0.672. The number of carbonyl (C=O) groups excluding carboxylic acids is 1. The van der Waals surface area contributed by atoms with Crippen LogP contribution in [0.1, 0.15) is 18.4 Å². The van der Waals surface area contributed by atoms with Gasteiger partial charge in [-0.05, 0) is 12.0 Å². The number of amides is 1. The zero-order valence-electron chi connectivity index (χ0n) is 10.2.